The fraction of sp³-hybridized carbons (Fsp3) is 0.0769. The van der Waals surface area contributed by atoms with Crippen LogP contribution >= 0.6 is 22.6 Å². The Labute approximate surface area is 119 Å². The van der Waals surface area contributed by atoms with E-state index in [-0.39, 0.29) is 5.91 Å². The monoisotopic (exact) mass is 353 g/mol. The number of pyridine rings is 1. The summed E-state index contributed by atoms with van der Waals surface area (Å²) in [4.78, 5) is 15.9. The maximum absolute atomic E-state index is 12.1. The molecule has 5 heteroatoms. The van der Waals surface area contributed by atoms with E-state index in [2.05, 4.69) is 32.9 Å². The van der Waals surface area contributed by atoms with Crippen LogP contribution in [0, 0.1) is 10.5 Å². The molecule has 0 aliphatic rings. The topological polar surface area (TPSA) is 68.0 Å². The summed E-state index contributed by atoms with van der Waals surface area (Å²) in [6, 6.07) is 7.37. The van der Waals surface area contributed by atoms with Crippen LogP contribution < -0.4 is 11.1 Å². The number of nitrogens with two attached hydrogens (primary N) is 1. The summed E-state index contributed by atoms with van der Waals surface area (Å²) in [6.45, 7) is 1.97. The average molecular weight is 353 g/mol. The molecular formula is C13H12IN3O. The van der Waals surface area contributed by atoms with Crippen molar-refractivity contribution in [3.8, 4) is 0 Å². The van der Waals surface area contributed by atoms with Gasteiger partial charge in [-0.1, -0.05) is 6.07 Å². The lowest BCUT2D eigenvalue weighted by Crippen LogP contribution is -2.15. The maximum Gasteiger partial charge on any atom is 0.257 e. The fourth-order valence-electron chi connectivity index (χ4n) is 1.55. The normalized spacial score (nSPS) is 10.1. The first kappa shape index (κ1) is 12.8. The molecule has 2 aromatic rings. The molecule has 1 aromatic heterocycles. The van der Waals surface area contributed by atoms with Crippen LogP contribution in [-0.4, -0.2) is 10.9 Å². The molecule has 0 saturated carbocycles. The quantitative estimate of drug-likeness (QED) is 0.816. The van der Waals surface area contributed by atoms with E-state index < -0.39 is 0 Å². The molecule has 18 heavy (non-hydrogen) atoms. The molecule has 0 aliphatic carbocycles. The van der Waals surface area contributed by atoms with Gasteiger partial charge in [0.2, 0.25) is 0 Å². The van der Waals surface area contributed by atoms with Gasteiger partial charge in [0.1, 0.15) is 0 Å². The molecule has 0 aliphatic heterocycles. The minimum absolute atomic E-state index is 0.222. The molecule has 1 amide bonds. The molecule has 0 fully saturated rings. The second-order valence-corrected chi connectivity index (χ2v) is 4.99. The van der Waals surface area contributed by atoms with Crippen LogP contribution in [0.2, 0.25) is 0 Å². The van der Waals surface area contributed by atoms with Crippen molar-refractivity contribution in [2.75, 3.05) is 11.1 Å². The van der Waals surface area contributed by atoms with Crippen molar-refractivity contribution in [1.29, 1.82) is 0 Å². The molecular weight excluding hydrogens is 341 g/mol. The summed E-state index contributed by atoms with van der Waals surface area (Å²) in [5, 5.41) is 2.86. The van der Waals surface area contributed by atoms with Crippen LogP contribution in [0.5, 0.6) is 0 Å². The van der Waals surface area contributed by atoms with E-state index in [1.807, 2.05) is 25.1 Å². The summed E-state index contributed by atoms with van der Waals surface area (Å²) in [5.74, 6) is -0.222. The lowest BCUT2D eigenvalue weighted by molar-refractivity contribution is 0.102. The fourth-order valence-corrected chi connectivity index (χ4v) is 2.04. The van der Waals surface area contributed by atoms with Gasteiger partial charge in [0.05, 0.1) is 17.4 Å². The van der Waals surface area contributed by atoms with Gasteiger partial charge in [-0.05, 0) is 53.3 Å². The van der Waals surface area contributed by atoms with Crippen LogP contribution in [0.25, 0.3) is 0 Å². The molecule has 0 spiro atoms. The third kappa shape index (κ3) is 2.61. The first-order valence-corrected chi connectivity index (χ1v) is 6.43. The molecule has 0 saturated heterocycles. The smallest absolute Gasteiger partial charge is 0.257 e. The Morgan fingerprint density at radius 3 is 2.89 bits per heavy atom. The van der Waals surface area contributed by atoms with Gasteiger partial charge in [-0.15, -0.1) is 0 Å². The molecule has 3 N–H and O–H groups in total. The van der Waals surface area contributed by atoms with E-state index in [4.69, 9.17) is 5.73 Å². The van der Waals surface area contributed by atoms with E-state index in [0.29, 0.717) is 11.3 Å². The van der Waals surface area contributed by atoms with E-state index in [0.717, 1.165) is 14.8 Å². The lowest BCUT2D eigenvalue weighted by Gasteiger charge is -2.10. The van der Waals surface area contributed by atoms with Gasteiger partial charge < -0.3 is 11.1 Å². The molecule has 0 radical (unpaired) electrons. The highest BCUT2D eigenvalue weighted by Crippen LogP contribution is 2.21. The minimum Gasteiger partial charge on any atom is -0.397 e. The van der Waals surface area contributed by atoms with Crippen molar-refractivity contribution in [3.05, 3.63) is 51.4 Å². The van der Waals surface area contributed by atoms with Crippen molar-refractivity contribution in [3.63, 3.8) is 0 Å². The molecule has 2 rings (SSSR count). The second-order valence-electron chi connectivity index (χ2n) is 3.83. The van der Waals surface area contributed by atoms with E-state index >= 15 is 0 Å². The number of rotatable bonds is 2. The van der Waals surface area contributed by atoms with E-state index in [1.54, 1.807) is 12.3 Å². The maximum atomic E-state index is 12.1. The van der Waals surface area contributed by atoms with E-state index in [9.17, 15) is 4.79 Å². The molecule has 4 nitrogen and oxygen atoms in total. The highest BCUT2D eigenvalue weighted by Gasteiger charge is 2.11. The summed E-state index contributed by atoms with van der Waals surface area (Å²) in [5.41, 5.74) is 8.36. The summed E-state index contributed by atoms with van der Waals surface area (Å²) in [7, 11) is 0. The number of nitrogens with one attached hydrogen (secondary N) is 1. The van der Waals surface area contributed by atoms with Crippen molar-refractivity contribution >= 4 is 39.9 Å². The van der Waals surface area contributed by atoms with Crippen LogP contribution in [0.3, 0.4) is 0 Å². The van der Waals surface area contributed by atoms with Gasteiger partial charge in [0.25, 0.3) is 5.91 Å². The summed E-state index contributed by atoms with van der Waals surface area (Å²) in [6.07, 6.45) is 3.02. The Balaban J connectivity index is 2.27. The third-order valence-corrected chi connectivity index (χ3v) is 3.78. The molecule has 1 heterocycles. The van der Waals surface area contributed by atoms with Gasteiger partial charge >= 0.3 is 0 Å². The van der Waals surface area contributed by atoms with Crippen molar-refractivity contribution in [2.45, 2.75) is 6.92 Å². The SMILES string of the molecule is Cc1c(I)cccc1NC(=O)c1ccncc1N. The Hall–Kier alpha value is -1.63. The number of carbonyl (C=O) groups is 1. The zero-order valence-corrected chi connectivity index (χ0v) is 11.9. The molecule has 0 atom stereocenters. The minimum atomic E-state index is -0.222. The number of nitrogen functional groups attached to an aromatic ring is 1. The zero-order valence-electron chi connectivity index (χ0n) is 9.77. The van der Waals surface area contributed by atoms with Crippen LogP contribution in [0.4, 0.5) is 11.4 Å². The van der Waals surface area contributed by atoms with Gasteiger partial charge in [-0.25, -0.2) is 0 Å². The number of nitrogens with zero attached hydrogens (tertiary/aromatic N) is 1. The van der Waals surface area contributed by atoms with Crippen LogP contribution in [0.15, 0.2) is 36.7 Å². The number of hydrogen-bond acceptors (Lipinski definition) is 3. The number of hydrogen-bond donors (Lipinski definition) is 2. The number of amides is 1. The number of carbonyl (C=O) groups excluding carboxylic acids is 1. The Bertz CT molecular complexity index is 599. The average Bonchev–Trinajstić information content (AvgIpc) is 2.35. The highest BCUT2D eigenvalue weighted by atomic mass is 127. The van der Waals surface area contributed by atoms with Crippen LogP contribution in [0.1, 0.15) is 15.9 Å². The molecule has 1 aromatic carbocycles. The van der Waals surface area contributed by atoms with Gasteiger partial charge in [-0.2, -0.15) is 0 Å². The van der Waals surface area contributed by atoms with Gasteiger partial charge in [-0.3, -0.25) is 9.78 Å². The number of anilines is 2. The Morgan fingerprint density at radius 1 is 1.39 bits per heavy atom. The predicted molar refractivity (Wildman–Crippen MR) is 80.5 cm³/mol. The first-order chi connectivity index (χ1) is 8.59. The Morgan fingerprint density at radius 2 is 2.17 bits per heavy atom. The standard InChI is InChI=1S/C13H12IN3O/c1-8-10(14)3-2-4-12(8)17-13(18)9-5-6-16-7-11(9)15/h2-7H,15H2,1H3,(H,17,18). The second kappa shape index (κ2) is 5.34. The van der Waals surface area contributed by atoms with E-state index in [1.165, 1.54) is 6.20 Å². The molecule has 0 unspecified atom stereocenters. The molecule has 92 valence electrons. The predicted octanol–water partition coefficient (Wildman–Crippen LogP) is 2.83. The van der Waals surface area contributed by atoms with Crippen molar-refractivity contribution < 1.29 is 4.79 Å². The van der Waals surface area contributed by atoms with Crippen molar-refractivity contribution in [1.82, 2.24) is 4.98 Å². The summed E-state index contributed by atoms with van der Waals surface area (Å²) < 4.78 is 1.10. The number of halogens is 1. The number of aromatic nitrogens is 1. The number of benzene rings is 1. The third-order valence-electron chi connectivity index (χ3n) is 2.61. The Kier molecular flexibility index (Phi) is 3.81. The van der Waals surface area contributed by atoms with Crippen molar-refractivity contribution in [2.24, 2.45) is 0 Å². The van der Waals surface area contributed by atoms with Gasteiger partial charge in [0, 0.05) is 15.5 Å². The zero-order chi connectivity index (χ0) is 13.1. The highest BCUT2D eigenvalue weighted by molar-refractivity contribution is 14.1. The lowest BCUT2D eigenvalue weighted by atomic mass is 10.1. The largest absolute Gasteiger partial charge is 0.397 e. The summed E-state index contributed by atoms with van der Waals surface area (Å²) >= 11 is 2.23. The first-order valence-electron chi connectivity index (χ1n) is 5.35. The van der Waals surface area contributed by atoms with Gasteiger partial charge in [0.15, 0.2) is 0 Å². The molecule has 0 bridgehead atoms. The van der Waals surface area contributed by atoms with Crippen LogP contribution in [-0.2, 0) is 0 Å².